The quantitative estimate of drug-likeness (QED) is 0.805. The van der Waals surface area contributed by atoms with Crippen LogP contribution in [0.1, 0.15) is 78.1 Å². The zero-order valence-corrected chi connectivity index (χ0v) is 15.5. The van der Waals surface area contributed by atoms with E-state index in [0.29, 0.717) is 5.92 Å². The summed E-state index contributed by atoms with van der Waals surface area (Å²) in [6.45, 7) is 4.50. The number of hydrogen-bond acceptors (Lipinski definition) is 2. The second-order valence-corrected chi connectivity index (χ2v) is 9.83. The number of hydrogen-bond donors (Lipinski definition) is 2. The van der Waals surface area contributed by atoms with Gasteiger partial charge in [-0.3, -0.25) is 4.79 Å². The fourth-order valence-electron chi connectivity index (χ4n) is 7.75. The summed E-state index contributed by atoms with van der Waals surface area (Å²) in [5.41, 5.74) is 5.52. The number of aliphatic hydroxyl groups is 1. The highest BCUT2D eigenvalue weighted by molar-refractivity contribution is 5.78. The van der Waals surface area contributed by atoms with Crippen molar-refractivity contribution in [3.63, 3.8) is 0 Å². The standard InChI is InChI=1S/C21H35NO2/c1-3-21(24)11-9-14-13(12-21)4-5-16-15(14)8-10-20(2)17(16)6-7-18(20)19(22)23/h13-18,24H,3-12H2,1-2H3,(H2,22,23)/t13-,14+,15-,16-,17+,18-,20+,21-/m1/s1. The third-order valence-electron chi connectivity index (χ3n) is 9.11. The minimum absolute atomic E-state index is 0.0576. The van der Waals surface area contributed by atoms with Crippen LogP contribution < -0.4 is 5.73 Å². The number of amides is 1. The number of carbonyl (C=O) groups is 1. The molecule has 3 heteroatoms. The molecule has 3 nitrogen and oxygen atoms in total. The van der Waals surface area contributed by atoms with Crippen LogP contribution in [-0.2, 0) is 4.79 Å². The third-order valence-corrected chi connectivity index (χ3v) is 9.11. The number of primary amides is 1. The van der Waals surface area contributed by atoms with Crippen LogP contribution in [0.15, 0.2) is 0 Å². The van der Waals surface area contributed by atoms with Gasteiger partial charge >= 0.3 is 0 Å². The Morgan fingerprint density at radius 2 is 1.79 bits per heavy atom. The van der Waals surface area contributed by atoms with E-state index < -0.39 is 0 Å². The summed E-state index contributed by atoms with van der Waals surface area (Å²) in [5.74, 6) is 3.98. The van der Waals surface area contributed by atoms with Crippen LogP contribution in [0, 0.1) is 40.9 Å². The second-order valence-electron chi connectivity index (χ2n) is 9.83. The Balaban J connectivity index is 1.54. The van der Waals surface area contributed by atoms with E-state index in [1.54, 1.807) is 0 Å². The van der Waals surface area contributed by atoms with Gasteiger partial charge in [-0.25, -0.2) is 0 Å². The van der Waals surface area contributed by atoms with Crippen molar-refractivity contribution in [1.29, 1.82) is 0 Å². The summed E-state index contributed by atoms with van der Waals surface area (Å²) < 4.78 is 0. The summed E-state index contributed by atoms with van der Waals surface area (Å²) in [6, 6.07) is 0. The monoisotopic (exact) mass is 333 g/mol. The van der Waals surface area contributed by atoms with Crippen LogP contribution >= 0.6 is 0 Å². The fourth-order valence-corrected chi connectivity index (χ4v) is 7.75. The zero-order chi connectivity index (χ0) is 17.1. The van der Waals surface area contributed by atoms with Crippen LogP contribution in [-0.4, -0.2) is 16.6 Å². The van der Waals surface area contributed by atoms with Gasteiger partial charge < -0.3 is 10.8 Å². The van der Waals surface area contributed by atoms with E-state index in [1.165, 1.54) is 38.5 Å². The van der Waals surface area contributed by atoms with Crippen LogP contribution in [0.4, 0.5) is 0 Å². The van der Waals surface area contributed by atoms with Crippen molar-refractivity contribution in [2.24, 2.45) is 46.7 Å². The van der Waals surface area contributed by atoms with Gasteiger partial charge in [0.2, 0.25) is 5.91 Å². The minimum Gasteiger partial charge on any atom is -0.390 e. The Labute approximate surface area is 146 Å². The maximum Gasteiger partial charge on any atom is 0.221 e. The van der Waals surface area contributed by atoms with E-state index in [1.807, 2.05) is 0 Å². The molecule has 4 aliphatic rings. The Hall–Kier alpha value is -0.570. The molecule has 0 aliphatic heterocycles. The first-order valence-corrected chi connectivity index (χ1v) is 10.4. The lowest BCUT2D eigenvalue weighted by atomic mass is 9.49. The SMILES string of the molecule is CC[C@@]1(O)CC[C@H]2[C@H](CC[C@@H]3[C@@H]2CC[C@]2(C)[C@@H](C(N)=O)CC[C@@H]32)C1. The molecule has 24 heavy (non-hydrogen) atoms. The van der Waals surface area contributed by atoms with Crippen LogP contribution in [0.2, 0.25) is 0 Å². The number of fused-ring (bicyclic) bond motifs is 5. The molecule has 3 N–H and O–H groups in total. The first-order valence-electron chi connectivity index (χ1n) is 10.4. The minimum atomic E-state index is -0.387. The molecule has 4 aliphatic carbocycles. The molecule has 136 valence electrons. The van der Waals surface area contributed by atoms with Crippen molar-refractivity contribution in [2.75, 3.05) is 0 Å². The van der Waals surface area contributed by atoms with Gasteiger partial charge in [0.05, 0.1) is 5.60 Å². The molecule has 0 unspecified atom stereocenters. The summed E-state index contributed by atoms with van der Waals surface area (Å²) in [5, 5.41) is 10.8. The first kappa shape index (κ1) is 16.9. The highest BCUT2D eigenvalue weighted by Gasteiger charge is 2.58. The molecule has 0 spiro atoms. The van der Waals surface area contributed by atoms with E-state index in [2.05, 4.69) is 13.8 Å². The van der Waals surface area contributed by atoms with Crippen molar-refractivity contribution in [3.05, 3.63) is 0 Å². The first-order chi connectivity index (χ1) is 11.4. The Morgan fingerprint density at radius 1 is 1.04 bits per heavy atom. The second kappa shape index (κ2) is 5.72. The molecular weight excluding hydrogens is 298 g/mol. The largest absolute Gasteiger partial charge is 0.390 e. The molecule has 8 atom stereocenters. The molecule has 0 radical (unpaired) electrons. The van der Waals surface area contributed by atoms with Gasteiger partial charge in [-0.05, 0) is 99.2 Å². The predicted molar refractivity (Wildman–Crippen MR) is 95.0 cm³/mol. The van der Waals surface area contributed by atoms with Crippen molar-refractivity contribution in [1.82, 2.24) is 0 Å². The van der Waals surface area contributed by atoms with Crippen molar-refractivity contribution < 1.29 is 9.90 Å². The van der Waals surface area contributed by atoms with Crippen molar-refractivity contribution in [2.45, 2.75) is 83.7 Å². The van der Waals surface area contributed by atoms with Gasteiger partial charge in [-0.2, -0.15) is 0 Å². The van der Waals surface area contributed by atoms with E-state index >= 15 is 0 Å². The van der Waals surface area contributed by atoms with E-state index in [9.17, 15) is 9.90 Å². The average molecular weight is 334 g/mol. The van der Waals surface area contributed by atoms with Gasteiger partial charge in [0.25, 0.3) is 0 Å². The smallest absolute Gasteiger partial charge is 0.221 e. The number of carbonyl (C=O) groups excluding carboxylic acids is 1. The highest BCUT2D eigenvalue weighted by Crippen LogP contribution is 2.64. The molecule has 0 bridgehead atoms. The van der Waals surface area contributed by atoms with Gasteiger partial charge in [0.15, 0.2) is 0 Å². The molecule has 0 aromatic rings. The summed E-state index contributed by atoms with van der Waals surface area (Å²) >= 11 is 0. The van der Waals surface area contributed by atoms with Crippen LogP contribution in [0.25, 0.3) is 0 Å². The molecule has 1 amide bonds. The molecule has 0 aromatic carbocycles. The van der Waals surface area contributed by atoms with Gasteiger partial charge in [0, 0.05) is 5.92 Å². The lowest BCUT2D eigenvalue weighted by Crippen LogP contribution is -2.51. The molecule has 0 heterocycles. The van der Waals surface area contributed by atoms with E-state index in [0.717, 1.165) is 49.4 Å². The van der Waals surface area contributed by atoms with E-state index in [-0.39, 0.29) is 22.8 Å². The van der Waals surface area contributed by atoms with Gasteiger partial charge in [-0.15, -0.1) is 0 Å². The molecular formula is C21H35NO2. The Kier molecular flexibility index (Phi) is 4.02. The Bertz CT molecular complexity index is 520. The van der Waals surface area contributed by atoms with Gasteiger partial charge in [-0.1, -0.05) is 13.8 Å². The maximum atomic E-state index is 11.9. The van der Waals surface area contributed by atoms with Crippen LogP contribution in [0.3, 0.4) is 0 Å². The van der Waals surface area contributed by atoms with Crippen LogP contribution in [0.5, 0.6) is 0 Å². The summed E-state index contributed by atoms with van der Waals surface area (Å²) in [6.07, 6.45) is 11.5. The van der Waals surface area contributed by atoms with E-state index in [4.69, 9.17) is 5.73 Å². The molecule has 0 saturated heterocycles. The fraction of sp³-hybridized carbons (Fsp3) is 0.952. The lowest BCUT2D eigenvalue weighted by molar-refractivity contribution is -0.132. The third kappa shape index (κ3) is 2.37. The van der Waals surface area contributed by atoms with Crippen molar-refractivity contribution in [3.8, 4) is 0 Å². The zero-order valence-electron chi connectivity index (χ0n) is 15.5. The Morgan fingerprint density at radius 3 is 2.50 bits per heavy atom. The summed E-state index contributed by atoms with van der Waals surface area (Å²) in [7, 11) is 0. The molecule has 4 fully saturated rings. The highest BCUT2D eigenvalue weighted by atomic mass is 16.3. The predicted octanol–water partition coefficient (Wildman–Crippen LogP) is 3.88. The lowest BCUT2D eigenvalue weighted by Gasteiger charge is -2.57. The molecule has 4 rings (SSSR count). The maximum absolute atomic E-state index is 11.9. The van der Waals surface area contributed by atoms with Crippen molar-refractivity contribution >= 4 is 5.91 Å². The topological polar surface area (TPSA) is 63.3 Å². The summed E-state index contributed by atoms with van der Waals surface area (Å²) in [4.78, 5) is 11.9. The van der Waals surface area contributed by atoms with Gasteiger partial charge in [0.1, 0.15) is 0 Å². The average Bonchev–Trinajstić information content (AvgIpc) is 2.91. The molecule has 4 saturated carbocycles. The normalized spacial score (nSPS) is 53.8. The number of rotatable bonds is 2. The number of nitrogens with two attached hydrogens (primary N) is 1. The molecule has 0 aromatic heterocycles.